The zero-order valence-corrected chi connectivity index (χ0v) is 6.50. The van der Waals surface area contributed by atoms with E-state index < -0.39 is 5.91 Å². The molecule has 1 saturated heterocycles. The van der Waals surface area contributed by atoms with Gasteiger partial charge in [0.25, 0.3) is 5.91 Å². The molecule has 2 heterocycles. The predicted octanol–water partition coefficient (Wildman–Crippen LogP) is -1.12. The lowest BCUT2D eigenvalue weighted by molar-refractivity contribution is -0.114. The topological polar surface area (TPSA) is 79.5 Å². The Morgan fingerprint density at radius 2 is 2.58 bits per heavy atom. The van der Waals surface area contributed by atoms with E-state index in [1.165, 1.54) is 0 Å². The normalized spacial score (nSPS) is 26.8. The van der Waals surface area contributed by atoms with Gasteiger partial charge in [0.1, 0.15) is 5.70 Å². The standard InChI is InChI=1S/C7H10N4O/c8-7(12)6-5-4(1-2-9-6)3-10-11-5/h2,4,10-11H,1,3H2,(H2,8,12). The second-order valence-electron chi connectivity index (χ2n) is 2.88. The highest BCUT2D eigenvalue weighted by Gasteiger charge is 2.27. The Morgan fingerprint density at radius 3 is 3.33 bits per heavy atom. The van der Waals surface area contributed by atoms with Gasteiger partial charge in [0.2, 0.25) is 0 Å². The van der Waals surface area contributed by atoms with E-state index in [4.69, 9.17) is 5.73 Å². The van der Waals surface area contributed by atoms with Crippen LogP contribution in [0.25, 0.3) is 0 Å². The number of nitrogens with two attached hydrogens (primary N) is 1. The van der Waals surface area contributed by atoms with Crippen molar-refractivity contribution in [3.05, 3.63) is 11.4 Å². The van der Waals surface area contributed by atoms with Gasteiger partial charge in [-0.15, -0.1) is 0 Å². The first-order valence-electron chi connectivity index (χ1n) is 3.84. The Kier molecular flexibility index (Phi) is 1.58. The number of carbonyl (C=O) groups excluding carboxylic acids is 1. The molecule has 0 spiro atoms. The number of primary amides is 1. The lowest BCUT2D eigenvalue weighted by atomic mass is 10.00. The molecule has 1 amide bonds. The number of hydrazine groups is 1. The fourth-order valence-electron chi connectivity index (χ4n) is 1.46. The summed E-state index contributed by atoms with van der Waals surface area (Å²) >= 11 is 0. The SMILES string of the molecule is NC(=O)C1=C2NNCC2CC=N1. The highest BCUT2D eigenvalue weighted by molar-refractivity contribution is 5.94. The molecule has 5 nitrogen and oxygen atoms in total. The molecule has 2 aliphatic heterocycles. The predicted molar refractivity (Wildman–Crippen MR) is 44.0 cm³/mol. The smallest absolute Gasteiger partial charge is 0.269 e. The maximum Gasteiger partial charge on any atom is 0.269 e. The third kappa shape index (κ3) is 0.984. The van der Waals surface area contributed by atoms with Crippen molar-refractivity contribution in [3.8, 4) is 0 Å². The first-order chi connectivity index (χ1) is 5.79. The number of hydrogen-bond donors (Lipinski definition) is 3. The minimum atomic E-state index is -0.470. The van der Waals surface area contributed by atoms with Gasteiger partial charge < -0.3 is 11.2 Å². The van der Waals surface area contributed by atoms with E-state index >= 15 is 0 Å². The van der Waals surface area contributed by atoms with Gasteiger partial charge in [-0.25, -0.2) is 5.43 Å². The number of aliphatic imine (C=N–C) groups is 1. The molecular formula is C7H10N4O. The van der Waals surface area contributed by atoms with Crippen molar-refractivity contribution in [2.45, 2.75) is 6.42 Å². The number of amides is 1. The second kappa shape index (κ2) is 2.60. The first-order valence-corrected chi connectivity index (χ1v) is 3.84. The molecule has 2 rings (SSSR count). The Bertz CT molecular complexity index is 281. The van der Waals surface area contributed by atoms with Crippen molar-refractivity contribution in [3.63, 3.8) is 0 Å². The zero-order valence-electron chi connectivity index (χ0n) is 6.50. The van der Waals surface area contributed by atoms with Crippen LogP contribution in [0.4, 0.5) is 0 Å². The van der Waals surface area contributed by atoms with Gasteiger partial charge in [-0.1, -0.05) is 0 Å². The van der Waals surface area contributed by atoms with Gasteiger partial charge in [-0.3, -0.25) is 9.79 Å². The molecule has 0 bridgehead atoms. The van der Waals surface area contributed by atoms with Crippen LogP contribution in [0.3, 0.4) is 0 Å². The number of hydrogen-bond acceptors (Lipinski definition) is 4. The first kappa shape index (κ1) is 7.30. The summed E-state index contributed by atoms with van der Waals surface area (Å²) in [6.07, 6.45) is 2.61. The number of fused-ring (bicyclic) bond motifs is 1. The highest BCUT2D eigenvalue weighted by Crippen LogP contribution is 2.22. The number of nitrogens with zero attached hydrogens (tertiary/aromatic N) is 1. The van der Waals surface area contributed by atoms with E-state index in [0.717, 1.165) is 18.7 Å². The molecule has 0 aromatic heterocycles. The number of rotatable bonds is 1. The summed E-state index contributed by atoms with van der Waals surface area (Å²) in [6, 6.07) is 0. The maximum atomic E-state index is 10.9. The summed E-state index contributed by atoms with van der Waals surface area (Å²) in [7, 11) is 0. The maximum absolute atomic E-state index is 10.9. The van der Waals surface area contributed by atoms with Crippen LogP contribution in [0.1, 0.15) is 6.42 Å². The summed E-state index contributed by atoms with van der Waals surface area (Å²) in [6.45, 7) is 0.831. The molecule has 1 unspecified atom stereocenters. The van der Waals surface area contributed by atoms with Crippen molar-refractivity contribution >= 4 is 12.1 Å². The monoisotopic (exact) mass is 166 g/mol. The summed E-state index contributed by atoms with van der Waals surface area (Å²) in [5.74, 6) is -0.132. The van der Waals surface area contributed by atoms with Crippen molar-refractivity contribution < 1.29 is 4.79 Å². The minimum Gasteiger partial charge on any atom is -0.364 e. The van der Waals surface area contributed by atoms with E-state index in [9.17, 15) is 4.79 Å². The molecule has 5 heteroatoms. The minimum absolute atomic E-state index is 0.338. The van der Waals surface area contributed by atoms with Crippen LogP contribution in [-0.2, 0) is 4.79 Å². The zero-order chi connectivity index (χ0) is 8.55. The van der Waals surface area contributed by atoms with Crippen LogP contribution in [0, 0.1) is 5.92 Å². The molecule has 1 atom stereocenters. The number of carbonyl (C=O) groups is 1. The highest BCUT2D eigenvalue weighted by atomic mass is 16.1. The van der Waals surface area contributed by atoms with Gasteiger partial charge in [0.15, 0.2) is 0 Å². The molecule has 64 valence electrons. The van der Waals surface area contributed by atoms with Crippen LogP contribution >= 0.6 is 0 Å². The van der Waals surface area contributed by atoms with Crippen LogP contribution in [-0.4, -0.2) is 18.7 Å². The van der Waals surface area contributed by atoms with Crippen LogP contribution in [0.15, 0.2) is 16.4 Å². The molecule has 0 aromatic rings. The van der Waals surface area contributed by atoms with Crippen molar-refractivity contribution in [2.75, 3.05) is 6.54 Å². The van der Waals surface area contributed by atoms with E-state index in [1.54, 1.807) is 6.21 Å². The van der Waals surface area contributed by atoms with Gasteiger partial charge in [-0.2, -0.15) is 0 Å². The van der Waals surface area contributed by atoms with E-state index in [1.807, 2.05) is 0 Å². The van der Waals surface area contributed by atoms with E-state index in [0.29, 0.717) is 11.6 Å². The molecule has 12 heavy (non-hydrogen) atoms. The molecule has 0 aliphatic carbocycles. The number of nitrogens with one attached hydrogen (secondary N) is 2. The van der Waals surface area contributed by atoms with Crippen molar-refractivity contribution in [1.29, 1.82) is 0 Å². The van der Waals surface area contributed by atoms with Gasteiger partial charge in [0.05, 0.1) is 5.70 Å². The van der Waals surface area contributed by atoms with Crippen molar-refractivity contribution in [1.82, 2.24) is 10.9 Å². The van der Waals surface area contributed by atoms with Gasteiger partial charge in [0, 0.05) is 18.7 Å². The molecule has 0 aromatic carbocycles. The fourth-order valence-corrected chi connectivity index (χ4v) is 1.46. The third-order valence-corrected chi connectivity index (χ3v) is 2.08. The largest absolute Gasteiger partial charge is 0.364 e. The van der Waals surface area contributed by atoms with E-state index in [-0.39, 0.29) is 0 Å². The Balaban J connectivity index is 2.38. The average molecular weight is 166 g/mol. The van der Waals surface area contributed by atoms with Crippen LogP contribution < -0.4 is 16.6 Å². The third-order valence-electron chi connectivity index (χ3n) is 2.08. The second-order valence-corrected chi connectivity index (χ2v) is 2.88. The lowest BCUT2D eigenvalue weighted by Crippen LogP contribution is -2.25. The fraction of sp³-hybridized carbons (Fsp3) is 0.429. The van der Waals surface area contributed by atoms with E-state index in [2.05, 4.69) is 15.8 Å². The van der Waals surface area contributed by atoms with Gasteiger partial charge in [-0.05, 0) is 6.42 Å². The lowest BCUT2D eigenvalue weighted by Gasteiger charge is -2.13. The summed E-state index contributed by atoms with van der Waals surface area (Å²) in [4.78, 5) is 14.8. The quantitative estimate of drug-likeness (QED) is 0.461. The molecule has 0 saturated carbocycles. The summed E-state index contributed by atoms with van der Waals surface area (Å²) in [5.41, 5.74) is 12.2. The average Bonchev–Trinajstić information content (AvgIpc) is 2.49. The molecule has 4 N–H and O–H groups in total. The Hall–Kier alpha value is -1.36. The Morgan fingerprint density at radius 1 is 1.75 bits per heavy atom. The summed E-state index contributed by atoms with van der Waals surface area (Å²) < 4.78 is 0. The Labute approximate surface area is 69.7 Å². The van der Waals surface area contributed by atoms with Gasteiger partial charge >= 0.3 is 0 Å². The molecule has 1 fully saturated rings. The summed E-state index contributed by atoms with van der Waals surface area (Å²) in [5, 5.41) is 0. The van der Waals surface area contributed by atoms with Crippen LogP contribution in [0.2, 0.25) is 0 Å². The van der Waals surface area contributed by atoms with Crippen LogP contribution in [0.5, 0.6) is 0 Å². The molecular weight excluding hydrogens is 156 g/mol. The molecule has 0 radical (unpaired) electrons. The van der Waals surface area contributed by atoms with Crippen molar-refractivity contribution in [2.24, 2.45) is 16.6 Å². The molecule has 2 aliphatic rings.